The van der Waals surface area contributed by atoms with Crippen LogP contribution in [0.5, 0.6) is 0 Å². The Morgan fingerprint density at radius 2 is 1.21 bits per heavy atom. The number of rotatable bonds is 23. The molecule has 0 bridgehead atoms. The third-order valence-electron chi connectivity index (χ3n) is 6.75. The zero-order valence-corrected chi connectivity index (χ0v) is 22.0. The van der Waals surface area contributed by atoms with E-state index in [0.717, 1.165) is 25.9 Å². The number of unbranched alkanes of at least 4 members (excludes halogenated alkanes) is 11. The molecule has 0 aliphatic heterocycles. The largest absolute Gasteiger partial charge is 0.390 e. The molecule has 0 saturated heterocycles. The van der Waals surface area contributed by atoms with Gasteiger partial charge in [-0.2, -0.15) is 0 Å². The smallest absolute Gasteiger partial charge is 0.253 e. The third kappa shape index (κ3) is 11.8. The maximum atomic E-state index is 11.7. The summed E-state index contributed by atoms with van der Waals surface area (Å²) in [6.45, 7) is 6.83. The molecule has 34 heavy (non-hydrogen) atoms. The zero-order chi connectivity index (χ0) is 25.2. The van der Waals surface area contributed by atoms with Gasteiger partial charge in [0.05, 0.1) is 12.2 Å². The van der Waals surface area contributed by atoms with E-state index >= 15 is 0 Å². The molecule has 0 aliphatic carbocycles. The van der Waals surface area contributed by atoms with E-state index in [0.29, 0.717) is 30.9 Å². The number of hydrogen-bond donors (Lipinski definition) is 4. The lowest BCUT2D eigenvalue weighted by atomic mass is 10.1. The van der Waals surface area contributed by atoms with Gasteiger partial charge < -0.3 is 25.7 Å². The Kier molecular flexibility index (Phi) is 16.9. The van der Waals surface area contributed by atoms with E-state index in [9.17, 15) is 19.8 Å². The molecule has 0 heterocycles. The molecule has 2 atom stereocenters. The first-order valence-corrected chi connectivity index (χ1v) is 13.8. The molecule has 7 heteroatoms. The van der Waals surface area contributed by atoms with Gasteiger partial charge in [-0.05, 0) is 32.4 Å². The van der Waals surface area contributed by atoms with Crippen LogP contribution in [0, 0.1) is 0 Å². The van der Waals surface area contributed by atoms with Crippen LogP contribution >= 0.6 is 0 Å². The average molecular weight is 482 g/mol. The summed E-state index contributed by atoms with van der Waals surface area (Å²) in [5.74, 6) is 0. The molecule has 4 N–H and O–H groups in total. The minimum Gasteiger partial charge on any atom is -0.390 e. The lowest BCUT2D eigenvalue weighted by molar-refractivity contribution is -0.00419. The summed E-state index contributed by atoms with van der Waals surface area (Å²) < 4.78 is 0. The SMILES string of the molecule is CCCCCCCCCCCCCCN(CCCNc1c(NC)c(=O)c1=O)CC(O)C(O)CC. The van der Waals surface area contributed by atoms with E-state index in [1.807, 2.05) is 6.92 Å². The van der Waals surface area contributed by atoms with Crippen LogP contribution in [0.1, 0.15) is 104 Å². The summed E-state index contributed by atoms with van der Waals surface area (Å²) >= 11 is 0. The van der Waals surface area contributed by atoms with Gasteiger partial charge >= 0.3 is 0 Å². The lowest BCUT2D eigenvalue weighted by Crippen LogP contribution is -2.40. The topological polar surface area (TPSA) is 102 Å². The molecule has 1 aromatic carbocycles. The van der Waals surface area contributed by atoms with Crippen LogP contribution in [0.3, 0.4) is 0 Å². The predicted molar refractivity (Wildman–Crippen MR) is 144 cm³/mol. The first-order valence-electron chi connectivity index (χ1n) is 13.8. The summed E-state index contributed by atoms with van der Waals surface area (Å²) in [5.41, 5.74) is -0.184. The number of hydrogen-bond acceptors (Lipinski definition) is 7. The van der Waals surface area contributed by atoms with Gasteiger partial charge in [0, 0.05) is 20.1 Å². The third-order valence-corrected chi connectivity index (χ3v) is 6.75. The number of anilines is 2. The zero-order valence-electron chi connectivity index (χ0n) is 22.0. The first kappa shape index (κ1) is 30.6. The van der Waals surface area contributed by atoms with Crippen molar-refractivity contribution in [1.82, 2.24) is 4.90 Å². The van der Waals surface area contributed by atoms with Crippen molar-refractivity contribution in [3.8, 4) is 0 Å². The van der Waals surface area contributed by atoms with Gasteiger partial charge in [0.25, 0.3) is 10.9 Å². The van der Waals surface area contributed by atoms with Gasteiger partial charge in [0.15, 0.2) is 0 Å². The Bertz CT molecular complexity index is 702. The Hall–Kier alpha value is -1.44. The number of nitrogens with one attached hydrogen (secondary N) is 2. The summed E-state index contributed by atoms with van der Waals surface area (Å²) in [7, 11) is 1.64. The van der Waals surface area contributed by atoms with Crippen LogP contribution in [-0.4, -0.2) is 60.5 Å². The maximum Gasteiger partial charge on any atom is 0.253 e. The molecule has 0 radical (unpaired) electrons. The van der Waals surface area contributed by atoms with Gasteiger partial charge in [-0.3, -0.25) is 9.59 Å². The number of aliphatic hydroxyl groups is 2. The molecular formula is C27H51N3O4. The second-order valence-electron chi connectivity index (χ2n) is 9.67. The monoisotopic (exact) mass is 481 g/mol. The Morgan fingerprint density at radius 1 is 0.706 bits per heavy atom. The second-order valence-corrected chi connectivity index (χ2v) is 9.67. The van der Waals surface area contributed by atoms with Crippen molar-refractivity contribution >= 4 is 11.4 Å². The van der Waals surface area contributed by atoms with Crippen LogP contribution in [0.15, 0.2) is 9.59 Å². The highest BCUT2D eigenvalue weighted by Gasteiger charge is 2.20. The van der Waals surface area contributed by atoms with Gasteiger partial charge in [-0.1, -0.05) is 84.5 Å². The highest BCUT2D eigenvalue weighted by Crippen LogP contribution is 2.14. The molecule has 198 valence electrons. The summed E-state index contributed by atoms with van der Waals surface area (Å²) in [6, 6.07) is 0. The van der Waals surface area contributed by atoms with E-state index in [4.69, 9.17) is 0 Å². The van der Waals surface area contributed by atoms with Crippen molar-refractivity contribution in [3.05, 3.63) is 20.4 Å². The summed E-state index contributed by atoms with van der Waals surface area (Å²) in [5, 5.41) is 26.1. The van der Waals surface area contributed by atoms with E-state index in [1.54, 1.807) is 7.05 Å². The van der Waals surface area contributed by atoms with Crippen molar-refractivity contribution < 1.29 is 10.2 Å². The van der Waals surface area contributed by atoms with Crippen LogP contribution in [-0.2, 0) is 0 Å². The molecule has 2 unspecified atom stereocenters. The molecule has 0 saturated carbocycles. The van der Waals surface area contributed by atoms with Crippen molar-refractivity contribution in [1.29, 1.82) is 0 Å². The van der Waals surface area contributed by atoms with Crippen molar-refractivity contribution in [2.45, 2.75) is 116 Å². The second kappa shape index (κ2) is 18.8. The fourth-order valence-electron chi connectivity index (χ4n) is 4.44. The molecular weight excluding hydrogens is 430 g/mol. The minimum atomic E-state index is -0.750. The molecule has 0 spiro atoms. The Balaban J connectivity index is 2.25. The highest BCUT2D eigenvalue weighted by molar-refractivity contribution is 5.73. The van der Waals surface area contributed by atoms with Crippen LogP contribution in [0.25, 0.3) is 0 Å². The van der Waals surface area contributed by atoms with E-state index < -0.39 is 23.1 Å². The van der Waals surface area contributed by atoms with Crippen molar-refractivity contribution in [2.24, 2.45) is 0 Å². The standard InChI is InChI=1S/C27H51N3O4/c1-4-6-7-8-9-10-11-12-13-14-15-16-19-30(21-23(32)22(31)5-2)20-17-18-29-25-24(28-3)26(33)27(25)34/h22-23,28-29,31-32H,4-21H2,1-3H3. The van der Waals surface area contributed by atoms with Crippen LogP contribution in [0.4, 0.5) is 11.4 Å². The summed E-state index contributed by atoms with van der Waals surface area (Å²) in [4.78, 5) is 25.4. The molecule has 7 nitrogen and oxygen atoms in total. The molecule has 1 aromatic rings. The van der Waals surface area contributed by atoms with Crippen LogP contribution < -0.4 is 21.5 Å². The molecule has 0 fully saturated rings. The van der Waals surface area contributed by atoms with Gasteiger partial charge in [0.1, 0.15) is 11.4 Å². The number of nitrogens with zero attached hydrogens (tertiary/aromatic N) is 1. The number of aliphatic hydroxyl groups excluding tert-OH is 2. The highest BCUT2D eigenvalue weighted by atomic mass is 16.3. The van der Waals surface area contributed by atoms with E-state index in [-0.39, 0.29) is 0 Å². The van der Waals surface area contributed by atoms with Gasteiger partial charge in [-0.25, -0.2) is 0 Å². The fourth-order valence-corrected chi connectivity index (χ4v) is 4.44. The predicted octanol–water partition coefficient (Wildman–Crippen LogP) is 4.26. The fraction of sp³-hybridized carbons (Fsp3) is 0.852. The average Bonchev–Trinajstić information content (AvgIpc) is 2.84. The molecule has 1 rings (SSSR count). The molecule has 0 aliphatic rings. The lowest BCUT2D eigenvalue weighted by Gasteiger charge is -2.27. The first-order chi connectivity index (χ1) is 16.5. The minimum absolute atomic E-state index is 0.361. The Morgan fingerprint density at radius 3 is 1.74 bits per heavy atom. The maximum absolute atomic E-state index is 11.7. The van der Waals surface area contributed by atoms with Gasteiger partial charge in [-0.15, -0.1) is 0 Å². The van der Waals surface area contributed by atoms with Crippen molar-refractivity contribution in [3.63, 3.8) is 0 Å². The molecule has 0 aromatic heterocycles. The van der Waals surface area contributed by atoms with Gasteiger partial charge in [0.2, 0.25) is 0 Å². The normalized spacial score (nSPS) is 13.5. The quantitative estimate of drug-likeness (QED) is 0.137. The summed E-state index contributed by atoms with van der Waals surface area (Å²) in [6.07, 6.45) is 15.6. The Labute approximate surface area is 207 Å². The van der Waals surface area contributed by atoms with E-state index in [2.05, 4.69) is 22.5 Å². The molecule has 0 amide bonds. The van der Waals surface area contributed by atoms with E-state index in [1.165, 1.54) is 70.6 Å². The van der Waals surface area contributed by atoms with Crippen LogP contribution in [0.2, 0.25) is 0 Å². The van der Waals surface area contributed by atoms with Crippen molar-refractivity contribution in [2.75, 3.05) is 43.9 Å².